The average molecular weight is 171 g/mol. The van der Waals surface area contributed by atoms with Gasteiger partial charge in [0, 0.05) is 6.04 Å². The van der Waals surface area contributed by atoms with Crippen LogP contribution in [0.4, 0.5) is 0 Å². The van der Waals surface area contributed by atoms with Crippen molar-refractivity contribution in [2.45, 2.75) is 31.7 Å². The predicted molar refractivity (Wildman–Crippen MR) is 50.7 cm³/mol. The van der Waals surface area contributed by atoms with Crippen molar-refractivity contribution < 1.29 is 0 Å². The summed E-state index contributed by atoms with van der Waals surface area (Å²) in [6.45, 7) is 0. The summed E-state index contributed by atoms with van der Waals surface area (Å²) in [5, 5.41) is 0. The fraction of sp³-hybridized carbons (Fsp3) is 1.00. The van der Waals surface area contributed by atoms with Gasteiger partial charge in [-0.1, -0.05) is 0 Å². The molecule has 2 heteroatoms. The van der Waals surface area contributed by atoms with E-state index in [1.54, 1.807) is 0 Å². The number of rotatable bonds is 2. The van der Waals surface area contributed by atoms with E-state index in [9.17, 15) is 0 Å². The molecule has 0 bridgehead atoms. The predicted octanol–water partition coefficient (Wildman–Crippen LogP) is 1.87. The number of nitrogens with two attached hydrogens (primary N) is 1. The minimum atomic E-state index is 0.544. The fourth-order valence-corrected chi connectivity index (χ4v) is 3.16. The summed E-state index contributed by atoms with van der Waals surface area (Å²) in [7, 11) is 0. The van der Waals surface area contributed by atoms with E-state index in [2.05, 4.69) is 11.8 Å². The molecule has 2 atom stereocenters. The van der Waals surface area contributed by atoms with Gasteiger partial charge in [-0.25, -0.2) is 0 Å². The lowest BCUT2D eigenvalue weighted by atomic mass is 9.93. The molecule has 0 spiro atoms. The molecule has 2 N–H and O–H groups in total. The third-order valence-electron chi connectivity index (χ3n) is 2.91. The summed E-state index contributed by atoms with van der Waals surface area (Å²) in [4.78, 5) is 0. The molecule has 2 aliphatic rings. The smallest absolute Gasteiger partial charge is 0.0103 e. The highest BCUT2D eigenvalue weighted by Gasteiger charge is 2.34. The summed E-state index contributed by atoms with van der Waals surface area (Å²) in [6.07, 6.45) is 5.60. The Morgan fingerprint density at radius 2 is 2.00 bits per heavy atom. The molecule has 0 aromatic heterocycles. The van der Waals surface area contributed by atoms with Crippen LogP contribution < -0.4 is 5.73 Å². The first-order valence-corrected chi connectivity index (χ1v) is 5.87. The van der Waals surface area contributed by atoms with Crippen LogP contribution in [-0.2, 0) is 0 Å². The van der Waals surface area contributed by atoms with E-state index in [0.29, 0.717) is 6.04 Å². The van der Waals surface area contributed by atoms with E-state index in [-0.39, 0.29) is 0 Å². The quantitative estimate of drug-likeness (QED) is 0.686. The minimum absolute atomic E-state index is 0.544. The SMILES string of the molecule is NC(C1CC1)C1CCCSC1. The van der Waals surface area contributed by atoms with Crippen LogP contribution in [-0.4, -0.2) is 17.5 Å². The molecule has 1 saturated carbocycles. The van der Waals surface area contributed by atoms with Crippen molar-refractivity contribution in [1.29, 1.82) is 0 Å². The van der Waals surface area contributed by atoms with Gasteiger partial charge in [-0.15, -0.1) is 0 Å². The Morgan fingerprint density at radius 3 is 2.55 bits per heavy atom. The van der Waals surface area contributed by atoms with E-state index in [4.69, 9.17) is 5.73 Å². The third-order valence-corrected chi connectivity index (χ3v) is 4.15. The van der Waals surface area contributed by atoms with Gasteiger partial charge in [0.05, 0.1) is 0 Å². The summed E-state index contributed by atoms with van der Waals surface area (Å²) in [5.41, 5.74) is 6.14. The molecule has 0 amide bonds. The Bertz CT molecular complexity index is 128. The molecular formula is C9H17NS. The van der Waals surface area contributed by atoms with Crippen LogP contribution in [0.25, 0.3) is 0 Å². The second-order valence-corrected chi connectivity index (χ2v) is 5.04. The molecule has 1 saturated heterocycles. The molecule has 0 aromatic carbocycles. The van der Waals surface area contributed by atoms with Gasteiger partial charge in [0.2, 0.25) is 0 Å². The van der Waals surface area contributed by atoms with Crippen molar-refractivity contribution in [3.05, 3.63) is 0 Å². The van der Waals surface area contributed by atoms with Gasteiger partial charge in [-0.2, -0.15) is 11.8 Å². The lowest BCUT2D eigenvalue weighted by molar-refractivity contribution is 0.389. The van der Waals surface area contributed by atoms with Crippen LogP contribution in [0.5, 0.6) is 0 Å². The maximum atomic E-state index is 6.14. The highest BCUT2D eigenvalue weighted by molar-refractivity contribution is 7.99. The normalized spacial score (nSPS) is 35.2. The van der Waals surface area contributed by atoms with Crippen LogP contribution in [0, 0.1) is 11.8 Å². The van der Waals surface area contributed by atoms with Crippen LogP contribution in [0.1, 0.15) is 25.7 Å². The molecule has 64 valence electrons. The molecule has 1 aliphatic carbocycles. The van der Waals surface area contributed by atoms with E-state index >= 15 is 0 Å². The zero-order valence-corrected chi connectivity index (χ0v) is 7.78. The van der Waals surface area contributed by atoms with Crippen LogP contribution in [0.2, 0.25) is 0 Å². The molecule has 2 rings (SSSR count). The lowest BCUT2D eigenvalue weighted by Crippen LogP contribution is -2.35. The van der Waals surface area contributed by atoms with Gasteiger partial charge in [-0.3, -0.25) is 0 Å². The molecular weight excluding hydrogens is 154 g/mol. The third kappa shape index (κ3) is 1.91. The van der Waals surface area contributed by atoms with Gasteiger partial charge in [0.1, 0.15) is 0 Å². The molecule has 2 fully saturated rings. The molecule has 0 radical (unpaired) electrons. The molecule has 0 aromatic rings. The van der Waals surface area contributed by atoms with Crippen molar-refractivity contribution in [2.75, 3.05) is 11.5 Å². The van der Waals surface area contributed by atoms with E-state index < -0.39 is 0 Å². The van der Waals surface area contributed by atoms with Crippen molar-refractivity contribution in [2.24, 2.45) is 17.6 Å². The summed E-state index contributed by atoms with van der Waals surface area (Å²) < 4.78 is 0. The Morgan fingerprint density at radius 1 is 1.18 bits per heavy atom. The van der Waals surface area contributed by atoms with Gasteiger partial charge < -0.3 is 5.73 Å². The molecule has 1 aliphatic heterocycles. The number of hydrogen-bond acceptors (Lipinski definition) is 2. The topological polar surface area (TPSA) is 26.0 Å². The van der Waals surface area contributed by atoms with Gasteiger partial charge in [-0.05, 0) is 49.0 Å². The van der Waals surface area contributed by atoms with Gasteiger partial charge in [0.25, 0.3) is 0 Å². The van der Waals surface area contributed by atoms with Crippen molar-refractivity contribution in [1.82, 2.24) is 0 Å². The first-order valence-electron chi connectivity index (χ1n) is 4.71. The maximum absolute atomic E-state index is 6.14. The number of thioether (sulfide) groups is 1. The molecule has 11 heavy (non-hydrogen) atoms. The second kappa shape index (κ2) is 3.36. The highest BCUT2D eigenvalue weighted by Crippen LogP contribution is 2.38. The van der Waals surface area contributed by atoms with Crippen LogP contribution in [0.15, 0.2) is 0 Å². The lowest BCUT2D eigenvalue weighted by Gasteiger charge is -2.26. The monoisotopic (exact) mass is 171 g/mol. The van der Waals surface area contributed by atoms with Gasteiger partial charge >= 0.3 is 0 Å². The van der Waals surface area contributed by atoms with Crippen molar-refractivity contribution in [3.63, 3.8) is 0 Å². The first kappa shape index (κ1) is 7.93. The molecule has 2 unspecified atom stereocenters. The molecule has 1 heterocycles. The standard InChI is InChI=1S/C9H17NS/c10-9(7-3-4-7)8-2-1-5-11-6-8/h7-9H,1-6,10H2. The van der Waals surface area contributed by atoms with Crippen LogP contribution in [0.3, 0.4) is 0 Å². The number of hydrogen-bond donors (Lipinski definition) is 1. The van der Waals surface area contributed by atoms with Crippen molar-refractivity contribution >= 4 is 11.8 Å². The average Bonchev–Trinajstić information content (AvgIpc) is 2.87. The Hall–Kier alpha value is 0.310. The summed E-state index contributed by atoms with van der Waals surface area (Å²) in [6, 6.07) is 0.544. The van der Waals surface area contributed by atoms with E-state index in [1.165, 1.54) is 37.2 Å². The minimum Gasteiger partial charge on any atom is -0.327 e. The van der Waals surface area contributed by atoms with E-state index in [0.717, 1.165) is 11.8 Å². The fourth-order valence-electron chi connectivity index (χ4n) is 1.94. The largest absolute Gasteiger partial charge is 0.327 e. The molecule has 1 nitrogen and oxygen atoms in total. The zero-order chi connectivity index (χ0) is 7.68. The van der Waals surface area contributed by atoms with Crippen LogP contribution >= 0.6 is 11.8 Å². The summed E-state index contributed by atoms with van der Waals surface area (Å²) in [5.74, 6) is 4.45. The Balaban J connectivity index is 1.81. The summed E-state index contributed by atoms with van der Waals surface area (Å²) >= 11 is 2.10. The highest BCUT2D eigenvalue weighted by atomic mass is 32.2. The Labute approximate surface area is 73.1 Å². The maximum Gasteiger partial charge on any atom is 0.0103 e. The van der Waals surface area contributed by atoms with E-state index in [1.807, 2.05) is 0 Å². The van der Waals surface area contributed by atoms with Crippen molar-refractivity contribution in [3.8, 4) is 0 Å². The first-order chi connectivity index (χ1) is 5.38. The Kier molecular flexibility index (Phi) is 2.42. The van der Waals surface area contributed by atoms with Gasteiger partial charge in [0.15, 0.2) is 0 Å². The zero-order valence-electron chi connectivity index (χ0n) is 6.96. The second-order valence-electron chi connectivity index (χ2n) is 3.89.